The van der Waals surface area contributed by atoms with Crippen molar-refractivity contribution in [2.75, 3.05) is 45.6 Å². The predicted molar refractivity (Wildman–Crippen MR) is 88.0 cm³/mol. The molecule has 8 nitrogen and oxygen atoms in total. The van der Waals surface area contributed by atoms with E-state index in [9.17, 15) is 9.59 Å². The van der Waals surface area contributed by atoms with E-state index in [1.54, 1.807) is 12.4 Å². The number of nitrogens with zero attached hydrogens (tertiary/aromatic N) is 3. The minimum Gasteiger partial charge on any atom is -0.353 e. The Morgan fingerprint density at radius 3 is 2.83 bits per heavy atom. The molecule has 0 radical (unpaired) electrons. The van der Waals surface area contributed by atoms with E-state index < -0.39 is 0 Å². The third kappa shape index (κ3) is 7.25. The van der Waals surface area contributed by atoms with Crippen LogP contribution in [0.5, 0.6) is 0 Å². The monoisotopic (exact) mass is 322 g/mol. The fourth-order valence-corrected chi connectivity index (χ4v) is 2.05. The van der Waals surface area contributed by atoms with E-state index in [1.165, 1.54) is 17.5 Å². The molecule has 0 unspecified atom stereocenters. The molecule has 1 fully saturated rings. The second-order valence-corrected chi connectivity index (χ2v) is 6.20. The topological polar surface area (TPSA) is 91.3 Å². The third-order valence-corrected chi connectivity index (χ3v) is 3.52. The molecule has 0 atom stereocenters. The molecule has 0 aromatic carbocycles. The Hall–Kier alpha value is -1.93. The van der Waals surface area contributed by atoms with Gasteiger partial charge in [0.05, 0.1) is 18.4 Å². The van der Waals surface area contributed by atoms with Gasteiger partial charge in [0.25, 0.3) is 0 Å². The van der Waals surface area contributed by atoms with Gasteiger partial charge in [-0.15, -0.1) is 0 Å². The van der Waals surface area contributed by atoms with Gasteiger partial charge in [-0.3, -0.25) is 14.3 Å². The van der Waals surface area contributed by atoms with Gasteiger partial charge in [-0.25, -0.2) is 0 Å². The standard InChI is InChI=1S/C15H26N6O2/c1-20(2)6-5-17-15(23)11-21-10-13(8-18-21)19-14(22)9-16-7-12-3-4-12/h8,10,12,16H,3-7,9,11H2,1-2H3,(H,17,23)(H,19,22). The van der Waals surface area contributed by atoms with Crippen molar-refractivity contribution in [3.63, 3.8) is 0 Å². The summed E-state index contributed by atoms with van der Waals surface area (Å²) < 4.78 is 1.51. The minimum atomic E-state index is -0.0982. The molecular weight excluding hydrogens is 296 g/mol. The highest BCUT2D eigenvalue weighted by atomic mass is 16.2. The van der Waals surface area contributed by atoms with E-state index in [1.807, 2.05) is 19.0 Å². The molecule has 23 heavy (non-hydrogen) atoms. The lowest BCUT2D eigenvalue weighted by molar-refractivity contribution is -0.121. The van der Waals surface area contributed by atoms with Crippen LogP contribution in [0.15, 0.2) is 12.4 Å². The van der Waals surface area contributed by atoms with E-state index in [2.05, 4.69) is 21.0 Å². The Balaban J connectivity index is 1.65. The van der Waals surface area contributed by atoms with Crippen molar-refractivity contribution >= 4 is 17.5 Å². The largest absolute Gasteiger partial charge is 0.353 e. The highest BCUT2D eigenvalue weighted by molar-refractivity contribution is 5.92. The molecule has 0 aliphatic heterocycles. The molecule has 2 amide bonds. The Morgan fingerprint density at radius 2 is 2.13 bits per heavy atom. The minimum absolute atomic E-state index is 0.0966. The number of rotatable bonds is 10. The van der Waals surface area contributed by atoms with Gasteiger partial charge in [-0.1, -0.05) is 0 Å². The van der Waals surface area contributed by atoms with Gasteiger partial charge in [0.15, 0.2) is 0 Å². The van der Waals surface area contributed by atoms with Crippen LogP contribution in [-0.4, -0.2) is 66.8 Å². The SMILES string of the molecule is CN(C)CCNC(=O)Cn1cc(NC(=O)CNCC2CC2)cn1. The molecule has 1 aliphatic rings. The van der Waals surface area contributed by atoms with Crippen molar-refractivity contribution in [3.05, 3.63) is 12.4 Å². The first kappa shape index (κ1) is 17.4. The number of hydrogen-bond acceptors (Lipinski definition) is 5. The van der Waals surface area contributed by atoms with Gasteiger partial charge >= 0.3 is 0 Å². The second kappa shape index (κ2) is 8.64. The maximum absolute atomic E-state index is 11.8. The summed E-state index contributed by atoms with van der Waals surface area (Å²) >= 11 is 0. The zero-order valence-electron chi connectivity index (χ0n) is 13.8. The molecule has 1 aromatic rings. The number of anilines is 1. The maximum atomic E-state index is 11.8. The van der Waals surface area contributed by atoms with E-state index in [0.29, 0.717) is 18.8 Å². The Morgan fingerprint density at radius 1 is 1.35 bits per heavy atom. The first-order valence-corrected chi connectivity index (χ1v) is 7.97. The Kier molecular flexibility index (Phi) is 6.54. The van der Waals surface area contributed by atoms with Crippen molar-refractivity contribution in [3.8, 4) is 0 Å². The van der Waals surface area contributed by atoms with Crippen molar-refractivity contribution < 1.29 is 9.59 Å². The molecule has 8 heteroatoms. The van der Waals surface area contributed by atoms with Gasteiger partial charge in [-0.05, 0) is 39.4 Å². The van der Waals surface area contributed by atoms with Crippen LogP contribution in [0.3, 0.4) is 0 Å². The van der Waals surface area contributed by atoms with Crippen molar-refractivity contribution in [1.29, 1.82) is 0 Å². The van der Waals surface area contributed by atoms with Gasteiger partial charge in [0.2, 0.25) is 11.8 Å². The molecule has 1 aliphatic carbocycles. The molecule has 1 saturated carbocycles. The summed E-state index contributed by atoms with van der Waals surface area (Å²) in [5.74, 6) is 0.552. The summed E-state index contributed by atoms with van der Waals surface area (Å²) in [5.41, 5.74) is 0.601. The van der Waals surface area contributed by atoms with Crippen molar-refractivity contribution in [1.82, 2.24) is 25.3 Å². The Bertz CT molecular complexity index is 487. The van der Waals surface area contributed by atoms with Gasteiger partial charge in [0.1, 0.15) is 6.54 Å². The summed E-state index contributed by atoms with van der Waals surface area (Å²) in [7, 11) is 3.91. The third-order valence-electron chi connectivity index (χ3n) is 3.52. The summed E-state index contributed by atoms with van der Waals surface area (Å²) in [4.78, 5) is 25.5. The van der Waals surface area contributed by atoms with Crippen LogP contribution in [0.1, 0.15) is 12.8 Å². The summed E-state index contributed by atoms with van der Waals surface area (Å²) in [5, 5.41) is 12.8. The normalized spacial score (nSPS) is 14.0. The maximum Gasteiger partial charge on any atom is 0.241 e. The van der Waals surface area contributed by atoms with Crippen molar-refractivity contribution in [2.24, 2.45) is 5.92 Å². The zero-order valence-corrected chi connectivity index (χ0v) is 13.8. The molecule has 0 saturated heterocycles. The molecule has 3 N–H and O–H groups in total. The fourth-order valence-electron chi connectivity index (χ4n) is 2.05. The quantitative estimate of drug-likeness (QED) is 0.540. The molecule has 1 heterocycles. The van der Waals surface area contributed by atoms with Crippen LogP contribution in [0.25, 0.3) is 0 Å². The number of hydrogen-bond donors (Lipinski definition) is 3. The summed E-state index contributed by atoms with van der Waals surface area (Å²) in [6.45, 7) is 2.74. The number of nitrogens with one attached hydrogen (secondary N) is 3. The van der Waals surface area contributed by atoms with Crippen LogP contribution in [0.2, 0.25) is 0 Å². The zero-order chi connectivity index (χ0) is 16.7. The molecular formula is C15H26N6O2. The fraction of sp³-hybridized carbons (Fsp3) is 0.667. The highest BCUT2D eigenvalue weighted by Crippen LogP contribution is 2.27. The second-order valence-electron chi connectivity index (χ2n) is 6.20. The van der Waals surface area contributed by atoms with Gasteiger partial charge in [-0.2, -0.15) is 5.10 Å². The van der Waals surface area contributed by atoms with Crippen LogP contribution in [0.4, 0.5) is 5.69 Å². The number of carbonyl (C=O) groups excluding carboxylic acids is 2. The van der Waals surface area contributed by atoms with E-state index >= 15 is 0 Å². The first-order valence-electron chi connectivity index (χ1n) is 7.97. The predicted octanol–water partition coefficient (Wildman–Crippen LogP) is -0.501. The average Bonchev–Trinajstić information content (AvgIpc) is 3.19. The van der Waals surface area contributed by atoms with Gasteiger partial charge < -0.3 is 20.9 Å². The molecule has 0 bridgehead atoms. The average molecular weight is 322 g/mol. The first-order chi connectivity index (χ1) is 11.0. The lowest BCUT2D eigenvalue weighted by atomic mass is 10.4. The number of amides is 2. The van der Waals surface area contributed by atoms with Crippen LogP contribution in [0, 0.1) is 5.92 Å². The number of aromatic nitrogens is 2. The molecule has 0 spiro atoms. The lowest BCUT2D eigenvalue weighted by Crippen LogP contribution is -2.33. The summed E-state index contributed by atoms with van der Waals surface area (Å²) in [6.07, 6.45) is 5.73. The van der Waals surface area contributed by atoms with E-state index in [-0.39, 0.29) is 18.4 Å². The van der Waals surface area contributed by atoms with Crippen LogP contribution < -0.4 is 16.0 Å². The van der Waals surface area contributed by atoms with E-state index in [4.69, 9.17) is 0 Å². The van der Waals surface area contributed by atoms with Gasteiger partial charge in [0, 0.05) is 19.3 Å². The number of carbonyl (C=O) groups is 2. The van der Waals surface area contributed by atoms with Crippen LogP contribution in [-0.2, 0) is 16.1 Å². The van der Waals surface area contributed by atoms with Crippen LogP contribution >= 0.6 is 0 Å². The Labute approximate surface area is 136 Å². The highest BCUT2D eigenvalue weighted by Gasteiger charge is 2.20. The smallest absolute Gasteiger partial charge is 0.241 e. The number of likely N-dealkylation sites (N-methyl/N-ethyl adjacent to an activating group) is 1. The molecule has 128 valence electrons. The van der Waals surface area contributed by atoms with E-state index in [0.717, 1.165) is 19.0 Å². The lowest BCUT2D eigenvalue weighted by Gasteiger charge is -2.10. The molecule has 1 aromatic heterocycles. The molecule has 2 rings (SSSR count). The van der Waals surface area contributed by atoms with Crippen molar-refractivity contribution in [2.45, 2.75) is 19.4 Å². The summed E-state index contributed by atoms with van der Waals surface area (Å²) in [6, 6.07) is 0.